The van der Waals surface area contributed by atoms with Crippen molar-refractivity contribution in [1.29, 1.82) is 0 Å². The Labute approximate surface area is 106 Å². The molecule has 0 saturated carbocycles. The molecule has 1 fully saturated rings. The Morgan fingerprint density at radius 3 is 3.00 bits per heavy atom. The normalized spacial score (nSPS) is 25.0. The highest BCUT2D eigenvalue weighted by atomic mass is 35.5. The third-order valence-electron chi connectivity index (χ3n) is 3.29. The molecule has 17 heavy (non-hydrogen) atoms. The highest BCUT2D eigenvalue weighted by Gasteiger charge is 2.28. The molecule has 1 aliphatic heterocycles. The fourth-order valence-corrected chi connectivity index (χ4v) is 2.34. The van der Waals surface area contributed by atoms with Crippen LogP contribution in [0.5, 0.6) is 0 Å². The number of halogens is 1. The van der Waals surface area contributed by atoms with Crippen molar-refractivity contribution in [3.05, 3.63) is 11.3 Å². The fourth-order valence-electron chi connectivity index (χ4n) is 2.13. The van der Waals surface area contributed by atoms with Crippen LogP contribution in [0.1, 0.15) is 13.3 Å². The number of hydrogen-bond donors (Lipinski definition) is 1. The summed E-state index contributed by atoms with van der Waals surface area (Å²) in [6.07, 6.45) is 2.70. The molecule has 5 nitrogen and oxygen atoms in total. The quantitative estimate of drug-likeness (QED) is 0.870. The second kappa shape index (κ2) is 5.06. The molecule has 6 heteroatoms. The van der Waals surface area contributed by atoms with Crippen molar-refractivity contribution in [3.8, 4) is 0 Å². The molecular weight excluding hydrogens is 240 g/mol. The van der Waals surface area contributed by atoms with Gasteiger partial charge in [0.15, 0.2) is 5.82 Å². The number of anilines is 2. The van der Waals surface area contributed by atoms with Gasteiger partial charge in [-0.05, 0) is 12.3 Å². The van der Waals surface area contributed by atoms with Crippen molar-refractivity contribution in [1.82, 2.24) is 9.97 Å². The summed E-state index contributed by atoms with van der Waals surface area (Å²) in [7, 11) is 1.74. The van der Waals surface area contributed by atoms with Gasteiger partial charge >= 0.3 is 0 Å². The van der Waals surface area contributed by atoms with Gasteiger partial charge in [-0.3, -0.25) is 0 Å². The molecule has 2 atom stereocenters. The predicted molar refractivity (Wildman–Crippen MR) is 68.2 cm³/mol. The van der Waals surface area contributed by atoms with Gasteiger partial charge in [-0.25, -0.2) is 9.97 Å². The molecule has 0 bridgehead atoms. The summed E-state index contributed by atoms with van der Waals surface area (Å²) in [6.45, 7) is 3.90. The number of nitrogen functional groups attached to an aromatic ring is 1. The number of hydrogen-bond acceptors (Lipinski definition) is 5. The van der Waals surface area contributed by atoms with Gasteiger partial charge < -0.3 is 15.4 Å². The van der Waals surface area contributed by atoms with Gasteiger partial charge in [0.2, 0.25) is 0 Å². The van der Waals surface area contributed by atoms with Crippen LogP contribution < -0.4 is 10.6 Å². The molecular formula is C11H17ClN4O. The lowest BCUT2D eigenvalue weighted by molar-refractivity contribution is 0.0496. The molecule has 0 radical (unpaired) electrons. The van der Waals surface area contributed by atoms with Gasteiger partial charge in [0.25, 0.3) is 0 Å². The van der Waals surface area contributed by atoms with Crippen molar-refractivity contribution in [2.24, 2.45) is 5.92 Å². The van der Waals surface area contributed by atoms with Gasteiger partial charge in [0.05, 0.1) is 6.10 Å². The van der Waals surface area contributed by atoms with Crippen molar-refractivity contribution >= 4 is 23.2 Å². The third kappa shape index (κ3) is 2.45. The van der Waals surface area contributed by atoms with Gasteiger partial charge in [-0.15, -0.1) is 0 Å². The Hall–Kier alpha value is -1.07. The molecule has 2 N–H and O–H groups in total. The minimum Gasteiger partial charge on any atom is -0.382 e. The maximum atomic E-state index is 6.12. The Balaban J connectivity index is 2.20. The van der Waals surface area contributed by atoms with Crippen molar-refractivity contribution in [2.45, 2.75) is 19.4 Å². The van der Waals surface area contributed by atoms with E-state index in [1.807, 2.05) is 0 Å². The van der Waals surface area contributed by atoms with E-state index in [9.17, 15) is 0 Å². The number of aromatic nitrogens is 2. The van der Waals surface area contributed by atoms with Crippen molar-refractivity contribution in [2.75, 3.05) is 30.8 Å². The molecule has 0 amide bonds. The average molecular weight is 257 g/mol. The number of rotatable bonds is 2. The molecule has 1 aromatic rings. The summed E-state index contributed by atoms with van der Waals surface area (Å²) in [5, 5.41) is 0.428. The first-order valence-electron chi connectivity index (χ1n) is 5.67. The topological polar surface area (TPSA) is 64.3 Å². The van der Waals surface area contributed by atoms with E-state index in [1.54, 1.807) is 7.11 Å². The average Bonchev–Trinajstić information content (AvgIpc) is 2.34. The highest BCUT2D eigenvalue weighted by Crippen LogP contribution is 2.30. The van der Waals surface area contributed by atoms with Gasteiger partial charge in [-0.1, -0.05) is 18.5 Å². The maximum Gasteiger partial charge on any atom is 0.153 e. The first-order chi connectivity index (χ1) is 8.13. The van der Waals surface area contributed by atoms with Gasteiger partial charge in [-0.2, -0.15) is 0 Å². The summed E-state index contributed by atoms with van der Waals surface area (Å²) in [6, 6.07) is 0. The van der Waals surface area contributed by atoms with E-state index in [-0.39, 0.29) is 6.10 Å². The number of nitrogens with two attached hydrogens (primary N) is 1. The van der Waals surface area contributed by atoms with Crippen LogP contribution in [0.4, 0.5) is 11.6 Å². The number of piperidine rings is 1. The SMILES string of the molecule is COC1CN(c2ncnc(N)c2Cl)CCC1C. The Morgan fingerprint density at radius 1 is 1.53 bits per heavy atom. The van der Waals surface area contributed by atoms with E-state index in [4.69, 9.17) is 22.1 Å². The molecule has 94 valence electrons. The van der Waals surface area contributed by atoms with E-state index in [1.165, 1.54) is 6.33 Å². The zero-order valence-electron chi connectivity index (χ0n) is 10.1. The fraction of sp³-hybridized carbons (Fsp3) is 0.636. The third-order valence-corrected chi connectivity index (χ3v) is 3.65. The second-order valence-corrected chi connectivity index (χ2v) is 4.76. The monoisotopic (exact) mass is 256 g/mol. The van der Waals surface area contributed by atoms with Gasteiger partial charge in [0.1, 0.15) is 17.2 Å². The molecule has 2 unspecified atom stereocenters. The van der Waals surface area contributed by atoms with Crippen LogP contribution in [0.2, 0.25) is 5.02 Å². The lowest BCUT2D eigenvalue weighted by atomic mass is 9.96. The zero-order valence-corrected chi connectivity index (χ0v) is 10.8. The largest absolute Gasteiger partial charge is 0.382 e. The summed E-state index contributed by atoms with van der Waals surface area (Å²) in [5.74, 6) is 1.58. The summed E-state index contributed by atoms with van der Waals surface area (Å²) < 4.78 is 5.47. The molecule has 0 spiro atoms. The van der Waals surface area contributed by atoms with Crippen LogP contribution in [0.15, 0.2) is 6.33 Å². The van der Waals surface area contributed by atoms with E-state index in [0.717, 1.165) is 19.5 Å². The second-order valence-electron chi connectivity index (χ2n) is 4.38. The Morgan fingerprint density at radius 2 is 2.29 bits per heavy atom. The Kier molecular flexibility index (Phi) is 3.69. The molecule has 0 aromatic carbocycles. The summed E-state index contributed by atoms with van der Waals surface area (Å²) >= 11 is 6.12. The van der Waals surface area contributed by atoms with Crippen LogP contribution in [0, 0.1) is 5.92 Å². The predicted octanol–water partition coefficient (Wildman–Crippen LogP) is 1.57. The number of nitrogens with zero attached hydrogens (tertiary/aromatic N) is 3. The zero-order chi connectivity index (χ0) is 12.4. The summed E-state index contributed by atoms with van der Waals surface area (Å²) in [5.41, 5.74) is 5.68. The van der Waals surface area contributed by atoms with E-state index < -0.39 is 0 Å². The lowest BCUT2D eigenvalue weighted by Crippen LogP contribution is -2.44. The van der Waals surface area contributed by atoms with E-state index in [2.05, 4.69) is 21.8 Å². The first-order valence-corrected chi connectivity index (χ1v) is 6.05. The number of ether oxygens (including phenoxy) is 1. The smallest absolute Gasteiger partial charge is 0.153 e. The van der Waals surface area contributed by atoms with E-state index >= 15 is 0 Å². The Bertz CT molecular complexity index is 401. The minimum absolute atomic E-state index is 0.205. The molecule has 1 saturated heterocycles. The molecule has 1 aromatic heterocycles. The van der Waals surface area contributed by atoms with Crippen LogP contribution in [0.3, 0.4) is 0 Å². The van der Waals surface area contributed by atoms with Crippen LogP contribution in [-0.2, 0) is 4.74 Å². The first kappa shape index (κ1) is 12.4. The van der Waals surface area contributed by atoms with Crippen molar-refractivity contribution < 1.29 is 4.74 Å². The molecule has 0 aliphatic carbocycles. The lowest BCUT2D eigenvalue weighted by Gasteiger charge is -2.37. The summed E-state index contributed by atoms with van der Waals surface area (Å²) in [4.78, 5) is 10.2. The van der Waals surface area contributed by atoms with E-state index in [0.29, 0.717) is 22.6 Å². The van der Waals surface area contributed by atoms with Crippen molar-refractivity contribution in [3.63, 3.8) is 0 Å². The van der Waals surface area contributed by atoms with Crippen LogP contribution >= 0.6 is 11.6 Å². The van der Waals surface area contributed by atoms with Gasteiger partial charge in [0, 0.05) is 20.2 Å². The molecule has 2 rings (SSSR count). The maximum absolute atomic E-state index is 6.12. The molecule has 2 heterocycles. The van der Waals surface area contributed by atoms with Crippen LogP contribution in [-0.4, -0.2) is 36.3 Å². The number of methoxy groups -OCH3 is 1. The highest BCUT2D eigenvalue weighted by molar-refractivity contribution is 6.35. The minimum atomic E-state index is 0.205. The van der Waals surface area contributed by atoms with Crippen LogP contribution in [0.25, 0.3) is 0 Å². The molecule has 1 aliphatic rings. The standard InChI is InChI=1S/C11H17ClN4O/c1-7-3-4-16(5-8(7)17-2)11-9(12)10(13)14-6-15-11/h6-8H,3-5H2,1-2H3,(H2,13,14,15).